The first-order valence-corrected chi connectivity index (χ1v) is 21.3. The number of benzene rings is 4. The van der Waals surface area contributed by atoms with Gasteiger partial charge in [-0.3, -0.25) is 0 Å². The summed E-state index contributed by atoms with van der Waals surface area (Å²) < 4.78 is 4.79. The summed E-state index contributed by atoms with van der Waals surface area (Å²) in [6, 6.07) is 38.5. The van der Waals surface area contributed by atoms with E-state index in [0.717, 1.165) is 11.8 Å². The summed E-state index contributed by atoms with van der Waals surface area (Å²) >= 11 is 15.1. The van der Waals surface area contributed by atoms with E-state index in [1.54, 1.807) is 22.3 Å². The average Bonchev–Trinajstić information content (AvgIpc) is 3.04. The topological polar surface area (TPSA) is 0 Å². The third kappa shape index (κ3) is 4.53. The SMILES string of the molecule is Brc1ccc(C23CC4CC(c5ccc(Br)cc5)(C2)CC(C25CC6CC(c7ccc(Br)cc7)(CC(c7ccc(Br)cc7)(C6)C2)C5)(C4)C3)cc1. The van der Waals surface area contributed by atoms with Crippen LogP contribution in [0.1, 0.15) is 99.3 Å². The quantitative estimate of drug-likeness (QED) is 0.187. The summed E-state index contributed by atoms with van der Waals surface area (Å²) in [4.78, 5) is 0. The number of rotatable bonds is 5. The van der Waals surface area contributed by atoms with Crippen LogP contribution in [-0.4, -0.2) is 0 Å². The maximum absolute atomic E-state index is 3.78. The number of hydrogen-bond donors (Lipinski definition) is 0. The van der Waals surface area contributed by atoms with Crippen LogP contribution in [0.15, 0.2) is 115 Å². The normalized spacial score (nSPS) is 40.4. The van der Waals surface area contributed by atoms with Crippen molar-refractivity contribution in [3.8, 4) is 0 Å². The first-order valence-electron chi connectivity index (χ1n) is 18.1. The van der Waals surface area contributed by atoms with E-state index < -0.39 is 0 Å². The van der Waals surface area contributed by atoms with Crippen molar-refractivity contribution in [1.82, 2.24) is 0 Å². The minimum atomic E-state index is 0.242. The zero-order valence-electron chi connectivity index (χ0n) is 27.4. The molecule has 12 rings (SSSR count). The van der Waals surface area contributed by atoms with E-state index in [2.05, 4.69) is 161 Å². The van der Waals surface area contributed by atoms with Crippen molar-refractivity contribution in [2.24, 2.45) is 22.7 Å². The molecule has 8 aliphatic carbocycles. The third-order valence-electron chi connectivity index (χ3n) is 15.1. The fourth-order valence-electron chi connectivity index (χ4n) is 14.6. The Morgan fingerprint density at radius 2 is 0.542 bits per heavy atom. The van der Waals surface area contributed by atoms with Gasteiger partial charge in [-0.25, -0.2) is 0 Å². The van der Waals surface area contributed by atoms with Gasteiger partial charge in [0.25, 0.3) is 0 Å². The number of hydrogen-bond acceptors (Lipinski definition) is 0. The fraction of sp³-hybridized carbons (Fsp3) is 0.455. The molecular weight excluding hydrogens is 848 g/mol. The van der Waals surface area contributed by atoms with Crippen molar-refractivity contribution >= 4 is 63.7 Å². The maximum Gasteiger partial charge on any atom is 0.0175 e. The molecule has 0 aliphatic heterocycles. The average molecular weight is 890 g/mol. The van der Waals surface area contributed by atoms with Crippen molar-refractivity contribution in [2.45, 2.75) is 98.7 Å². The van der Waals surface area contributed by atoms with E-state index in [4.69, 9.17) is 0 Å². The molecule has 246 valence electrons. The Kier molecular flexibility index (Phi) is 7.01. The molecule has 48 heavy (non-hydrogen) atoms. The van der Waals surface area contributed by atoms with E-state index in [-0.39, 0.29) is 21.7 Å². The molecule has 8 bridgehead atoms. The van der Waals surface area contributed by atoms with Crippen LogP contribution < -0.4 is 0 Å². The highest BCUT2D eigenvalue weighted by atomic mass is 79.9. The van der Waals surface area contributed by atoms with Gasteiger partial charge < -0.3 is 0 Å². The van der Waals surface area contributed by atoms with Crippen LogP contribution in [-0.2, 0) is 21.7 Å². The Morgan fingerprint density at radius 3 is 0.771 bits per heavy atom. The molecule has 8 fully saturated rings. The molecule has 8 aliphatic rings. The fourth-order valence-corrected chi connectivity index (χ4v) is 15.6. The molecule has 0 nitrogen and oxygen atoms in total. The van der Waals surface area contributed by atoms with Crippen LogP contribution >= 0.6 is 63.7 Å². The van der Waals surface area contributed by atoms with Crippen molar-refractivity contribution in [2.75, 3.05) is 0 Å². The molecule has 4 unspecified atom stereocenters. The van der Waals surface area contributed by atoms with E-state index in [9.17, 15) is 0 Å². The first-order chi connectivity index (χ1) is 23.1. The van der Waals surface area contributed by atoms with Crippen LogP contribution in [0.2, 0.25) is 0 Å². The molecule has 0 radical (unpaired) electrons. The molecule has 0 aromatic heterocycles. The predicted molar refractivity (Wildman–Crippen MR) is 211 cm³/mol. The molecule has 0 saturated heterocycles. The lowest BCUT2D eigenvalue weighted by Crippen LogP contribution is -2.70. The molecule has 4 aromatic rings. The first kappa shape index (κ1) is 31.5. The lowest BCUT2D eigenvalue weighted by molar-refractivity contribution is -0.224. The molecule has 0 spiro atoms. The molecule has 0 N–H and O–H groups in total. The highest BCUT2D eigenvalue weighted by molar-refractivity contribution is 9.11. The van der Waals surface area contributed by atoms with E-state index in [0.29, 0.717) is 10.8 Å². The summed E-state index contributed by atoms with van der Waals surface area (Å²) in [6.45, 7) is 0. The Bertz CT molecular complexity index is 1630. The third-order valence-corrected chi connectivity index (χ3v) is 17.2. The van der Waals surface area contributed by atoms with Gasteiger partial charge in [-0.15, -0.1) is 0 Å². The Hall–Kier alpha value is -1.20. The summed E-state index contributed by atoms with van der Waals surface area (Å²) in [6.07, 6.45) is 16.4. The van der Waals surface area contributed by atoms with Gasteiger partial charge in [-0.05, 0) is 192 Å². The molecule has 4 heteroatoms. The second-order valence-electron chi connectivity index (χ2n) is 17.7. The van der Waals surface area contributed by atoms with Gasteiger partial charge in [0.05, 0.1) is 0 Å². The minimum absolute atomic E-state index is 0.242. The summed E-state index contributed by atoms with van der Waals surface area (Å²) in [5, 5.41) is 0. The zero-order chi connectivity index (χ0) is 32.6. The minimum Gasteiger partial charge on any atom is -0.0574 e. The Labute approximate surface area is 319 Å². The van der Waals surface area contributed by atoms with E-state index in [1.165, 1.54) is 94.9 Å². The van der Waals surface area contributed by atoms with Crippen LogP contribution in [0.3, 0.4) is 0 Å². The summed E-state index contributed by atoms with van der Waals surface area (Å²) in [7, 11) is 0. The Morgan fingerprint density at radius 1 is 0.312 bits per heavy atom. The highest BCUT2D eigenvalue weighted by Crippen LogP contribution is 2.82. The molecule has 4 aromatic carbocycles. The van der Waals surface area contributed by atoms with Crippen molar-refractivity contribution in [1.29, 1.82) is 0 Å². The smallest absolute Gasteiger partial charge is 0.0175 e. The predicted octanol–water partition coefficient (Wildman–Crippen LogP) is 13.8. The lowest BCUT2D eigenvalue weighted by Gasteiger charge is -2.77. The lowest BCUT2D eigenvalue weighted by atomic mass is 9.26. The van der Waals surface area contributed by atoms with Gasteiger partial charge in [0.1, 0.15) is 0 Å². The van der Waals surface area contributed by atoms with Crippen LogP contribution in [0, 0.1) is 22.7 Å². The van der Waals surface area contributed by atoms with Gasteiger partial charge in [-0.1, -0.05) is 112 Å². The van der Waals surface area contributed by atoms with Gasteiger partial charge in [0.2, 0.25) is 0 Å². The van der Waals surface area contributed by atoms with Crippen LogP contribution in [0.25, 0.3) is 0 Å². The van der Waals surface area contributed by atoms with Gasteiger partial charge in [0.15, 0.2) is 0 Å². The summed E-state index contributed by atoms with van der Waals surface area (Å²) in [5.41, 5.74) is 8.08. The van der Waals surface area contributed by atoms with E-state index in [1.807, 2.05) is 0 Å². The zero-order valence-corrected chi connectivity index (χ0v) is 33.7. The van der Waals surface area contributed by atoms with Gasteiger partial charge in [-0.2, -0.15) is 0 Å². The van der Waals surface area contributed by atoms with Gasteiger partial charge >= 0.3 is 0 Å². The molecule has 0 amide bonds. The van der Waals surface area contributed by atoms with Gasteiger partial charge in [0, 0.05) is 17.9 Å². The number of halogens is 4. The standard InChI is InChI=1S/C44H42Br4/c45-35-9-1-31(2-10-35)39-17-29-18-40(23-39,32-3-11-36(46)12-4-32)26-43(21-29,25-39)44-22-30-19-41(27-44,33-5-13-37(47)14-6-33)24-42(20-30,28-44)34-7-15-38(48)16-8-34/h1-16,29-30H,17-28H2. The molecule has 8 saturated carbocycles. The maximum atomic E-state index is 3.78. The highest BCUT2D eigenvalue weighted by Gasteiger charge is 2.74. The largest absolute Gasteiger partial charge is 0.0574 e. The summed E-state index contributed by atoms with van der Waals surface area (Å²) in [5.74, 6) is 1.57. The van der Waals surface area contributed by atoms with E-state index >= 15 is 0 Å². The van der Waals surface area contributed by atoms with Crippen LogP contribution in [0.4, 0.5) is 0 Å². The molecule has 4 atom stereocenters. The second-order valence-corrected chi connectivity index (χ2v) is 21.4. The Balaban J connectivity index is 1.18. The molecular formula is C44H42Br4. The van der Waals surface area contributed by atoms with Crippen molar-refractivity contribution < 1.29 is 0 Å². The molecule has 0 heterocycles. The van der Waals surface area contributed by atoms with Crippen LogP contribution in [0.5, 0.6) is 0 Å². The second kappa shape index (κ2) is 10.7. The van der Waals surface area contributed by atoms with Crippen molar-refractivity contribution in [3.05, 3.63) is 137 Å². The van der Waals surface area contributed by atoms with Crippen molar-refractivity contribution in [3.63, 3.8) is 0 Å². The monoisotopic (exact) mass is 886 g/mol.